The van der Waals surface area contributed by atoms with Crippen molar-refractivity contribution in [1.82, 2.24) is 0 Å². The molecule has 0 unspecified atom stereocenters. The first-order valence-electron chi connectivity index (χ1n) is 9.98. The molecule has 0 saturated heterocycles. The van der Waals surface area contributed by atoms with Crippen molar-refractivity contribution in [3.8, 4) is 0 Å². The van der Waals surface area contributed by atoms with Gasteiger partial charge in [0.1, 0.15) is 0 Å². The second-order valence-corrected chi connectivity index (χ2v) is 6.51. The van der Waals surface area contributed by atoms with Gasteiger partial charge in [0, 0.05) is 0 Å². The lowest BCUT2D eigenvalue weighted by molar-refractivity contribution is 0.553. The molecule has 0 heteroatoms. The van der Waals surface area contributed by atoms with Crippen LogP contribution in [0.2, 0.25) is 0 Å². The van der Waals surface area contributed by atoms with Crippen molar-refractivity contribution in [3.05, 3.63) is 72.9 Å². The van der Waals surface area contributed by atoms with Gasteiger partial charge < -0.3 is 0 Å². The van der Waals surface area contributed by atoms with Crippen LogP contribution in [0, 0.1) is 0 Å². The van der Waals surface area contributed by atoms with E-state index in [-0.39, 0.29) is 0 Å². The van der Waals surface area contributed by atoms with E-state index in [0.717, 1.165) is 0 Å². The van der Waals surface area contributed by atoms with Gasteiger partial charge in [-0.3, -0.25) is 0 Å². The maximum atomic E-state index is 2.29. The molecule has 1 rings (SSSR count). The predicted molar refractivity (Wildman–Crippen MR) is 110 cm³/mol. The first kappa shape index (κ1) is 20.5. The number of hydrogen-bond acceptors (Lipinski definition) is 0. The summed E-state index contributed by atoms with van der Waals surface area (Å²) in [4.78, 5) is 0. The van der Waals surface area contributed by atoms with Crippen LogP contribution < -0.4 is 0 Å². The molecule has 0 amide bonds. The fraction of sp³-hybridized carbons (Fsp3) is 0.500. The average Bonchev–Trinajstić information content (AvgIpc) is 2.59. The number of hydrogen-bond donors (Lipinski definition) is 0. The molecule has 0 aromatic rings. The molecule has 0 spiro atoms. The average molecular weight is 325 g/mol. The van der Waals surface area contributed by atoms with Crippen LogP contribution in [0.5, 0.6) is 0 Å². The van der Waals surface area contributed by atoms with Gasteiger partial charge in [-0.1, -0.05) is 124 Å². The van der Waals surface area contributed by atoms with Gasteiger partial charge in [0.25, 0.3) is 0 Å². The van der Waals surface area contributed by atoms with Gasteiger partial charge in [0.05, 0.1) is 0 Å². The Kier molecular flexibility index (Phi) is 15.2. The fourth-order valence-electron chi connectivity index (χ4n) is 2.80. The van der Waals surface area contributed by atoms with E-state index in [1.807, 2.05) is 0 Å². The number of rotatable bonds is 0. The van der Waals surface area contributed by atoms with E-state index in [0.29, 0.717) is 0 Å². The first-order valence-corrected chi connectivity index (χ1v) is 9.98. The van der Waals surface area contributed by atoms with Crippen LogP contribution in [0.1, 0.15) is 77.0 Å². The van der Waals surface area contributed by atoms with Crippen molar-refractivity contribution in [1.29, 1.82) is 0 Å². The molecule has 0 aromatic carbocycles. The zero-order chi connectivity index (χ0) is 17.0. The lowest BCUT2D eigenvalue weighted by atomic mass is 10.0. The smallest absolute Gasteiger partial charge is 0.0348 e. The minimum atomic E-state index is 1.21. The highest BCUT2D eigenvalue weighted by Gasteiger charge is 1.92. The normalized spacial score (nSPS) is 26.7. The Morgan fingerprint density at radius 2 is 0.500 bits per heavy atom. The summed E-state index contributed by atoms with van der Waals surface area (Å²) in [5.41, 5.74) is 0. The largest absolute Gasteiger partial charge is 0.0845 e. The molecule has 1 aliphatic rings. The van der Waals surface area contributed by atoms with Crippen molar-refractivity contribution < 1.29 is 0 Å². The molecule has 1 aliphatic carbocycles. The lowest BCUT2D eigenvalue weighted by Crippen LogP contribution is -1.82. The highest BCUT2D eigenvalue weighted by Crippen LogP contribution is 2.12. The summed E-state index contributed by atoms with van der Waals surface area (Å²) >= 11 is 0. The molecule has 0 atom stereocenters. The molecule has 0 aromatic heterocycles. The highest BCUT2D eigenvalue weighted by atomic mass is 14.0. The van der Waals surface area contributed by atoms with E-state index in [1.54, 1.807) is 0 Å². The van der Waals surface area contributed by atoms with E-state index >= 15 is 0 Å². The summed E-state index contributed by atoms with van der Waals surface area (Å²) in [7, 11) is 0. The summed E-state index contributed by atoms with van der Waals surface area (Å²) in [6, 6.07) is 0. The Bertz CT molecular complexity index is 387. The van der Waals surface area contributed by atoms with Crippen molar-refractivity contribution >= 4 is 0 Å². The minimum Gasteiger partial charge on any atom is -0.0845 e. The molecular weight excluding hydrogens is 288 g/mol. The van der Waals surface area contributed by atoms with Crippen LogP contribution >= 0.6 is 0 Å². The van der Waals surface area contributed by atoms with Crippen molar-refractivity contribution in [3.63, 3.8) is 0 Å². The lowest BCUT2D eigenvalue weighted by Gasteiger charge is -2.01. The van der Waals surface area contributed by atoms with Gasteiger partial charge in [-0.2, -0.15) is 0 Å². The van der Waals surface area contributed by atoms with E-state index in [2.05, 4.69) is 72.9 Å². The molecular formula is C24H36. The summed E-state index contributed by atoms with van der Waals surface area (Å²) in [6.07, 6.45) is 42.0. The Balaban J connectivity index is 2.31. The van der Waals surface area contributed by atoms with Crippen LogP contribution in [0.4, 0.5) is 0 Å². The topological polar surface area (TPSA) is 0 Å². The molecule has 0 bridgehead atoms. The highest BCUT2D eigenvalue weighted by molar-refractivity contribution is 5.19. The molecule has 0 saturated carbocycles. The Morgan fingerprint density at radius 1 is 0.250 bits per heavy atom. The van der Waals surface area contributed by atoms with Crippen LogP contribution in [0.3, 0.4) is 0 Å². The minimum absolute atomic E-state index is 1.21. The molecule has 24 heavy (non-hydrogen) atoms. The van der Waals surface area contributed by atoms with E-state index in [4.69, 9.17) is 0 Å². The molecule has 0 N–H and O–H groups in total. The van der Waals surface area contributed by atoms with Gasteiger partial charge in [-0.05, 0) is 25.7 Å². The summed E-state index contributed by atoms with van der Waals surface area (Å²) in [5, 5.41) is 0. The zero-order valence-electron chi connectivity index (χ0n) is 15.4. The maximum absolute atomic E-state index is 2.29. The Labute approximate surface area is 150 Å². The third-order valence-electron chi connectivity index (χ3n) is 4.26. The van der Waals surface area contributed by atoms with Crippen LogP contribution in [0.25, 0.3) is 0 Å². The van der Waals surface area contributed by atoms with E-state index in [9.17, 15) is 0 Å². The first-order chi connectivity index (χ1) is 12.0. The van der Waals surface area contributed by atoms with Crippen LogP contribution in [-0.2, 0) is 0 Å². The van der Waals surface area contributed by atoms with Crippen molar-refractivity contribution in [2.75, 3.05) is 0 Å². The van der Waals surface area contributed by atoms with E-state index < -0.39 is 0 Å². The van der Waals surface area contributed by atoms with Crippen LogP contribution in [-0.4, -0.2) is 0 Å². The maximum Gasteiger partial charge on any atom is -0.0348 e. The van der Waals surface area contributed by atoms with Gasteiger partial charge >= 0.3 is 0 Å². The fourth-order valence-corrected chi connectivity index (χ4v) is 2.80. The van der Waals surface area contributed by atoms with Gasteiger partial charge in [0.15, 0.2) is 0 Å². The molecule has 0 heterocycles. The summed E-state index contributed by atoms with van der Waals surface area (Å²) < 4.78 is 0. The monoisotopic (exact) mass is 324 g/mol. The quantitative estimate of drug-likeness (QED) is 0.423. The third-order valence-corrected chi connectivity index (χ3v) is 4.26. The van der Waals surface area contributed by atoms with Crippen molar-refractivity contribution in [2.24, 2.45) is 0 Å². The standard InChI is InChI=1S/C24H36/c1-2-4-6-8-10-12-14-16-18-20-22-24-23-21-19-17-15-13-11-9-7-5-3-1/h1-12H,13-24H2/b3-1-,4-2+,7-5+,8-6+,11-9?,12-10+. The molecule has 0 aliphatic heterocycles. The summed E-state index contributed by atoms with van der Waals surface area (Å²) in [6.45, 7) is 0. The second-order valence-electron chi connectivity index (χ2n) is 6.51. The van der Waals surface area contributed by atoms with Crippen LogP contribution in [0.15, 0.2) is 72.9 Å². The molecule has 0 nitrogen and oxygen atoms in total. The zero-order valence-corrected chi connectivity index (χ0v) is 15.4. The Hall–Kier alpha value is -1.56. The third kappa shape index (κ3) is 15.3. The van der Waals surface area contributed by atoms with E-state index in [1.165, 1.54) is 77.0 Å². The predicted octanol–water partition coefficient (Wildman–Crippen LogP) is 8.02. The van der Waals surface area contributed by atoms with Gasteiger partial charge in [0.2, 0.25) is 0 Å². The Morgan fingerprint density at radius 3 is 0.833 bits per heavy atom. The number of allylic oxidation sites excluding steroid dienone is 12. The van der Waals surface area contributed by atoms with Crippen molar-refractivity contribution in [2.45, 2.75) is 77.0 Å². The summed E-state index contributed by atoms with van der Waals surface area (Å²) in [5.74, 6) is 0. The molecule has 132 valence electrons. The SMILES string of the molecule is C1=CCCCCCCCCCCCC/C=C/C=C/C=C/C=C\C=C\1. The van der Waals surface area contributed by atoms with Gasteiger partial charge in [-0.25, -0.2) is 0 Å². The molecule has 0 fully saturated rings. The van der Waals surface area contributed by atoms with Gasteiger partial charge in [-0.15, -0.1) is 0 Å². The molecule has 0 radical (unpaired) electrons. The second kappa shape index (κ2) is 17.8.